The summed E-state index contributed by atoms with van der Waals surface area (Å²) in [5.74, 6) is 0.504. The topological polar surface area (TPSA) is 38.3 Å². The van der Waals surface area contributed by atoms with Crippen LogP contribution in [0.15, 0.2) is 48.5 Å². The van der Waals surface area contributed by atoms with Crippen LogP contribution in [0.1, 0.15) is 31.9 Å². The number of hydrogen-bond acceptors (Lipinski definition) is 2. The third kappa shape index (κ3) is 5.40. The van der Waals surface area contributed by atoms with Crippen LogP contribution in [0.25, 0.3) is 0 Å². The van der Waals surface area contributed by atoms with Crippen molar-refractivity contribution < 1.29 is 13.9 Å². The van der Waals surface area contributed by atoms with Crippen LogP contribution >= 0.6 is 0 Å². The number of halogens is 1. The summed E-state index contributed by atoms with van der Waals surface area (Å²) in [5.41, 5.74) is 1.53. The Morgan fingerprint density at radius 3 is 2.13 bits per heavy atom. The van der Waals surface area contributed by atoms with Gasteiger partial charge in [-0.3, -0.25) is 4.79 Å². The van der Waals surface area contributed by atoms with E-state index in [4.69, 9.17) is 4.74 Å². The lowest BCUT2D eigenvalue weighted by atomic mass is 9.95. The maximum absolute atomic E-state index is 12.8. The predicted octanol–water partition coefficient (Wildman–Crippen LogP) is 4.07. The molecule has 0 aliphatic rings. The van der Waals surface area contributed by atoms with Crippen molar-refractivity contribution >= 4 is 5.91 Å². The Morgan fingerprint density at radius 1 is 1.00 bits per heavy atom. The molecule has 0 aliphatic heterocycles. The molecule has 0 atom stereocenters. The first-order valence-electron chi connectivity index (χ1n) is 7.59. The fraction of sp³-hybridized carbons (Fsp3) is 0.316. The van der Waals surface area contributed by atoms with Crippen LogP contribution in [0, 0.1) is 11.2 Å². The summed E-state index contributed by atoms with van der Waals surface area (Å²) in [6, 6.07) is 13.8. The molecule has 0 aromatic heterocycles. The van der Waals surface area contributed by atoms with Gasteiger partial charge in [-0.05, 0) is 35.4 Å². The normalized spacial score (nSPS) is 11.1. The van der Waals surface area contributed by atoms with Crippen molar-refractivity contribution in [1.82, 2.24) is 5.32 Å². The highest BCUT2D eigenvalue weighted by atomic mass is 19.1. The number of ether oxygens (including phenoxy) is 1. The molecule has 0 unspecified atom stereocenters. The van der Waals surface area contributed by atoms with E-state index in [1.807, 2.05) is 45.0 Å². The molecule has 2 rings (SSSR count). The van der Waals surface area contributed by atoms with Crippen LogP contribution < -0.4 is 10.1 Å². The minimum absolute atomic E-state index is 0.0223. The van der Waals surface area contributed by atoms with Crippen LogP contribution in [0.5, 0.6) is 5.75 Å². The second-order valence-electron chi connectivity index (χ2n) is 6.49. The number of rotatable bonds is 5. The van der Waals surface area contributed by atoms with Gasteiger partial charge in [0.25, 0.3) is 0 Å². The molecule has 0 fully saturated rings. The van der Waals surface area contributed by atoms with E-state index in [1.165, 1.54) is 12.1 Å². The highest BCUT2D eigenvalue weighted by molar-refractivity contribution is 5.81. The first-order valence-corrected chi connectivity index (χ1v) is 7.59. The van der Waals surface area contributed by atoms with E-state index < -0.39 is 5.41 Å². The van der Waals surface area contributed by atoms with E-state index in [2.05, 4.69) is 5.32 Å². The number of nitrogens with one attached hydrogen (secondary N) is 1. The van der Waals surface area contributed by atoms with Crippen molar-refractivity contribution in [3.8, 4) is 5.75 Å². The molecule has 0 radical (unpaired) electrons. The molecule has 0 aliphatic carbocycles. The number of hydrogen-bond donors (Lipinski definition) is 1. The summed E-state index contributed by atoms with van der Waals surface area (Å²) in [6.45, 7) is 6.53. The van der Waals surface area contributed by atoms with Gasteiger partial charge in [-0.1, -0.05) is 45.0 Å². The van der Waals surface area contributed by atoms with Gasteiger partial charge >= 0.3 is 0 Å². The van der Waals surface area contributed by atoms with Gasteiger partial charge < -0.3 is 10.1 Å². The van der Waals surface area contributed by atoms with E-state index in [0.717, 1.165) is 16.9 Å². The fourth-order valence-electron chi connectivity index (χ4n) is 1.90. The van der Waals surface area contributed by atoms with Gasteiger partial charge in [0.05, 0.1) is 0 Å². The van der Waals surface area contributed by atoms with Crippen LogP contribution in [0.2, 0.25) is 0 Å². The minimum atomic E-state index is -0.391. The number of amides is 1. The second kappa shape index (κ2) is 7.27. The third-order valence-electron chi connectivity index (χ3n) is 3.38. The molecule has 0 saturated carbocycles. The van der Waals surface area contributed by atoms with Gasteiger partial charge in [0.15, 0.2) is 0 Å². The fourth-order valence-corrected chi connectivity index (χ4v) is 1.90. The SMILES string of the molecule is CC(C)(C)C(=O)NCc1ccc(OCc2ccc(F)cc2)cc1. The van der Waals surface area contributed by atoms with Crippen molar-refractivity contribution in [2.24, 2.45) is 5.41 Å². The molecule has 23 heavy (non-hydrogen) atoms. The Balaban J connectivity index is 1.84. The van der Waals surface area contributed by atoms with Crippen molar-refractivity contribution in [2.75, 3.05) is 0 Å². The van der Waals surface area contributed by atoms with E-state index in [0.29, 0.717) is 13.2 Å². The highest BCUT2D eigenvalue weighted by Gasteiger charge is 2.20. The average Bonchev–Trinajstić information content (AvgIpc) is 2.52. The van der Waals surface area contributed by atoms with Gasteiger partial charge in [0, 0.05) is 12.0 Å². The summed E-state index contributed by atoms with van der Waals surface area (Å²) in [4.78, 5) is 11.8. The molecule has 3 nitrogen and oxygen atoms in total. The second-order valence-corrected chi connectivity index (χ2v) is 6.49. The van der Waals surface area contributed by atoms with Gasteiger partial charge in [-0.2, -0.15) is 0 Å². The Hall–Kier alpha value is -2.36. The molecule has 0 spiro atoms. The molecule has 1 N–H and O–H groups in total. The number of benzene rings is 2. The lowest BCUT2D eigenvalue weighted by molar-refractivity contribution is -0.128. The van der Waals surface area contributed by atoms with Gasteiger partial charge in [-0.15, -0.1) is 0 Å². The third-order valence-corrected chi connectivity index (χ3v) is 3.38. The molecule has 122 valence electrons. The number of carbonyl (C=O) groups excluding carboxylic acids is 1. The van der Waals surface area contributed by atoms with Crippen LogP contribution in [-0.2, 0) is 17.9 Å². The van der Waals surface area contributed by atoms with E-state index in [1.54, 1.807) is 12.1 Å². The summed E-state index contributed by atoms with van der Waals surface area (Å²) in [6.07, 6.45) is 0. The maximum atomic E-state index is 12.8. The Kier molecular flexibility index (Phi) is 5.37. The molecule has 0 bridgehead atoms. The largest absolute Gasteiger partial charge is 0.489 e. The molecule has 2 aromatic carbocycles. The molecular weight excluding hydrogens is 293 g/mol. The van der Waals surface area contributed by atoms with Crippen LogP contribution in [0.4, 0.5) is 4.39 Å². The first kappa shape index (κ1) is 17.0. The van der Waals surface area contributed by atoms with Crippen LogP contribution in [-0.4, -0.2) is 5.91 Å². The van der Waals surface area contributed by atoms with Gasteiger partial charge in [0.2, 0.25) is 5.91 Å². The summed E-state index contributed by atoms with van der Waals surface area (Å²) in [5, 5.41) is 2.91. The monoisotopic (exact) mass is 315 g/mol. The standard InChI is InChI=1S/C19H22FNO2/c1-19(2,3)18(22)21-12-14-6-10-17(11-7-14)23-13-15-4-8-16(20)9-5-15/h4-11H,12-13H2,1-3H3,(H,21,22). The predicted molar refractivity (Wildman–Crippen MR) is 88.5 cm³/mol. The molecule has 4 heteroatoms. The highest BCUT2D eigenvalue weighted by Crippen LogP contribution is 2.16. The zero-order valence-electron chi connectivity index (χ0n) is 13.7. The van der Waals surface area contributed by atoms with Gasteiger partial charge in [-0.25, -0.2) is 4.39 Å². The van der Waals surface area contributed by atoms with E-state index in [9.17, 15) is 9.18 Å². The Morgan fingerprint density at radius 2 is 1.57 bits per heavy atom. The Labute approximate surface area is 136 Å². The van der Waals surface area contributed by atoms with Crippen molar-refractivity contribution in [1.29, 1.82) is 0 Å². The zero-order valence-corrected chi connectivity index (χ0v) is 13.7. The summed E-state index contributed by atoms with van der Waals surface area (Å²) in [7, 11) is 0. The van der Waals surface area contributed by atoms with Gasteiger partial charge in [0.1, 0.15) is 18.2 Å². The minimum Gasteiger partial charge on any atom is -0.489 e. The summed E-state index contributed by atoms with van der Waals surface area (Å²) < 4.78 is 18.5. The molecule has 2 aromatic rings. The van der Waals surface area contributed by atoms with Crippen molar-refractivity contribution in [2.45, 2.75) is 33.9 Å². The smallest absolute Gasteiger partial charge is 0.225 e. The Bertz CT molecular complexity index is 643. The lowest BCUT2D eigenvalue weighted by Gasteiger charge is -2.17. The van der Waals surface area contributed by atoms with Crippen LogP contribution in [0.3, 0.4) is 0 Å². The zero-order chi connectivity index (χ0) is 16.9. The molecule has 0 saturated heterocycles. The molecule has 0 heterocycles. The number of carbonyl (C=O) groups is 1. The van der Waals surface area contributed by atoms with E-state index in [-0.39, 0.29) is 11.7 Å². The van der Waals surface area contributed by atoms with Crippen molar-refractivity contribution in [3.05, 3.63) is 65.5 Å². The first-order chi connectivity index (χ1) is 10.8. The van der Waals surface area contributed by atoms with E-state index >= 15 is 0 Å². The average molecular weight is 315 g/mol. The molecule has 1 amide bonds. The summed E-state index contributed by atoms with van der Waals surface area (Å²) >= 11 is 0. The van der Waals surface area contributed by atoms with Crippen molar-refractivity contribution in [3.63, 3.8) is 0 Å². The lowest BCUT2D eigenvalue weighted by Crippen LogP contribution is -2.34. The maximum Gasteiger partial charge on any atom is 0.225 e. The quantitative estimate of drug-likeness (QED) is 0.903. The molecular formula is C19H22FNO2.